The molecule has 3 N–H and O–H groups in total. The number of hydrogen-bond donors (Lipinski definition) is 3. The van der Waals surface area contributed by atoms with Crippen molar-refractivity contribution in [1.82, 2.24) is 16.0 Å². The van der Waals surface area contributed by atoms with Gasteiger partial charge in [0.1, 0.15) is 22.8 Å². The Morgan fingerprint density at radius 2 is 1.55 bits per heavy atom. The third-order valence-corrected chi connectivity index (χ3v) is 4.09. The molecule has 0 bridgehead atoms. The number of aliphatic imine (C=N–C) groups is 1. The molecule has 0 spiro atoms. The number of rotatable bonds is 9. The van der Waals surface area contributed by atoms with Gasteiger partial charge in [-0.2, -0.15) is 0 Å². The van der Waals surface area contributed by atoms with E-state index in [4.69, 9.17) is 18.9 Å². The standard InChI is InChI=1S/C22H38N4O5/c1-10-23-19(25-14-22(5,6)26-20(27)31-21(2,3)4)24-13-16-17(29-8)11-15(28-7)12-18(16)30-9/h11-12H,10,13-14H2,1-9H3,(H,26,27)(H2,23,24,25). The Kier molecular flexibility index (Phi) is 9.74. The molecule has 9 heteroatoms. The van der Waals surface area contributed by atoms with E-state index < -0.39 is 17.2 Å². The minimum Gasteiger partial charge on any atom is -0.496 e. The first-order valence-electron chi connectivity index (χ1n) is 10.3. The minimum absolute atomic E-state index is 0.325. The van der Waals surface area contributed by atoms with Crippen LogP contribution in [0.15, 0.2) is 17.1 Å². The number of benzene rings is 1. The number of guanidine groups is 1. The van der Waals surface area contributed by atoms with Crippen LogP contribution in [-0.2, 0) is 11.3 Å². The van der Waals surface area contributed by atoms with Crippen molar-refractivity contribution in [3.05, 3.63) is 17.7 Å². The highest BCUT2D eigenvalue weighted by molar-refractivity contribution is 5.80. The lowest BCUT2D eigenvalue weighted by Crippen LogP contribution is -2.54. The summed E-state index contributed by atoms with van der Waals surface area (Å²) in [5.74, 6) is 2.49. The number of alkyl carbamates (subject to hydrolysis) is 1. The largest absolute Gasteiger partial charge is 0.496 e. The summed E-state index contributed by atoms with van der Waals surface area (Å²) in [6.07, 6.45) is -0.464. The number of nitrogens with zero attached hydrogens (tertiary/aromatic N) is 1. The average Bonchev–Trinajstić information content (AvgIpc) is 2.67. The predicted octanol–water partition coefficient (Wildman–Crippen LogP) is 3.07. The molecule has 0 aromatic heterocycles. The van der Waals surface area contributed by atoms with Crippen molar-refractivity contribution in [3.63, 3.8) is 0 Å². The Labute approximate surface area is 185 Å². The van der Waals surface area contributed by atoms with Crippen molar-refractivity contribution in [2.45, 2.75) is 59.2 Å². The molecule has 31 heavy (non-hydrogen) atoms. The van der Waals surface area contributed by atoms with Crippen LogP contribution < -0.4 is 30.2 Å². The van der Waals surface area contributed by atoms with Crippen molar-refractivity contribution < 1.29 is 23.7 Å². The van der Waals surface area contributed by atoms with Gasteiger partial charge in [0.25, 0.3) is 0 Å². The van der Waals surface area contributed by atoms with E-state index >= 15 is 0 Å². The van der Waals surface area contributed by atoms with Gasteiger partial charge < -0.3 is 34.9 Å². The zero-order valence-electron chi connectivity index (χ0n) is 20.3. The molecule has 0 aliphatic heterocycles. The van der Waals surface area contributed by atoms with Crippen LogP contribution in [0.5, 0.6) is 17.2 Å². The van der Waals surface area contributed by atoms with E-state index in [1.807, 2.05) is 41.5 Å². The maximum Gasteiger partial charge on any atom is 0.408 e. The summed E-state index contributed by atoms with van der Waals surface area (Å²) in [5, 5.41) is 9.34. The third kappa shape index (κ3) is 9.23. The number of hydrogen-bond acceptors (Lipinski definition) is 6. The molecule has 9 nitrogen and oxygen atoms in total. The normalized spacial score (nSPS) is 12.1. The fourth-order valence-electron chi connectivity index (χ4n) is 2.66. The summed E-state index contributed by atoms with van der Waals surface area (Å²) < 4.78 is 21.6. The Morgan fingerprint density at radius 1 is 0.968 bits per heavy atom. The molecule has 1 aromatic rings. The molecule has 0 aliphatic rings. The Bertz CT molecular complexity index is 732. The van der Waals surface area contributed by atoms with Crippen LogP contribution in [0.3, 0.4) is 0 Å². The fraction of sp³-hybridized carbons (Fsp3) is 0.636. The predicted molar refractivity (Wildman–Crippen MR) is 122 cm³/mol. The molecule has 1 rings (SSSR count). The van der Waals surface area contributed by atoms with Crippen molar-refractivity contribution in [3.8, 4) is 17.2 Å². The number of ether oxygens (including phenoxy) is 4. The molecule has 176 valence electrons. The van der Waals surface area contributed by atoms with Crippen LogP contribution in [0.4, 0.5) is 4.79 Å². The molecule has 0 saturated carbocycles. The average molecular weight is 439 g/mol. The smallest absolute Gasteiger partial charge is 0.408 e. The van der Waals surface area contributed by atoms with Gasteiger partial charge in [0.05, 0.1) is 39.0 Å². The van der Waals surface area contributed by atoms with Crippen LogP contribution in [0, 0.1) is 0 Å². The Morgan fingerprint density at radius 3 is 2.00 bits per heavy atom. The molecule has 0 aliphatic carbocycles. The first kappa shape index (κ1) is 26.2. The maximum absolute atomic E-state index is 12.1. The second-order valence-corrected chi connectivity index (χ2v) is 8.57. The molecule has 1 amide bonds. The molecular weight excluding hydrogens is 400 g/mol. The number of carbonyl (C=O) groups excluding carboxylic acids is 1. The Balaban J connectivity index is 2.92. The monoisotopic (exact) mass is 438 g/mol. The summed E-state index contributed by atoms with van der Waals surface area (Å²) in [6.45, 7) is 12.7. The van der Waals surface area contributed by atoms with Gasteiger partial charge in [0.15, 0.2) is 5.96 Å². The van der Waals surface area contributed by atoms with Gasteiger partial charge in [-0.25, -0.2) is 9.79 Å². The molecule has 0 heterocycles. The number of carbonyl (C=O) groups is 1. The summed E-state index contributed by atoms with van der Waals surface area (Å²) in [6, 6.07) is 3.59. The van der Waals surface area contributed by atoms with E-state index in [-0.39, 0.29) is 0 Å². The van der Waals surface area contributed by atoms with Gasteiger partial charge in [0, 0.05) is 25.2 Å². The van der Waals surface area contributed by atoms with E-state index in [0.29, 0.717) is 42.8 Å². The van der Waals surface area contributed by atoms with E-state index in [2.05, 4.69) is 20.9 Å². The number of amides is 1. The lowest BCUT2D eigenvalue weighted by molar-refractivity contribution is 0.0474. The maximum atomic E-state index is 12.1. The highest BCUT2D eigenvalue weighted by Crippen LogP contribution is 2.34. The summed E-state index contributed by atoms with van der Waals surface area (Å²) in [7, 11) is 4.78. The molecule has 1 aromatic carbocycles. The SMILES string of the molecule is CCNC(=NCc1c(OC)cc(OC)cc1OC)NCC(C)(C)NC(=O)OC(C)(C)C. The van der Waals surface area contributed by atoms with Crippen molar-refractivity contribution in [2.24, 2.45) is 4.99 Å². The van der Waals surface area contributed by atoms with Gasteiger partial charge in [0.2, 0.25) is 0 Å². The Hall–Kier alpha value is -2.84. The number of methoxy groups -OCH3 is 3. The van der Waals surface area contributed by atoms with E-state index in [1.165, 1.54) is 0 Å². The van der Waals surface area contributed by atoms with Crippen LogP contribution in [0.1, 0.15) is 47.1 Å². The molecule has 0 atom stereocenters. The van der Waals surface area contributed by atoms with Crippen molar-refractivity contribution in [1.29, 1.82) is 0 Å². The molecule has 0 saturated heterocycles. The highest BCUT2D eigenvalue weighted by atomic mass is 16.6. The lowest BCUT2D eigenvalue weighted by Gasteiger charge is -2.29. The van der Waals surface area contributed by atoms with Gasteiger partial charge in [-0.1, -0.05) is 0 Å². The fourth-order valence-corrected chi connectivity index (χ4v) is 2.66. The van der Waals surface area contributed by atoms with Gasteiger partial charge >= 0.3 is 6.09 Å². The highest BCUT2D eigenvalue weighted by Gasteiger charge is 2.25. The molecule has 0 unspecified atom stereocenters. The molecular formula is C22H38N4O5. The van der Waals surface area contributed by atoms with Gasteiger partial charge in [-0.3, -0.25) is 0 Å². The van der Waals surface area contributed by atoms with E-state index in [1.54, 1.807) is 33.5 Å². The summed E-state index contributed by atoms with van der Waals surface area (Å²) in [5.41, 5.74) is -0.316. The molecule has 0 fully saturated rings. The second-order valence-electron chi connectivity index (χ2n) is 8.57. The first-order valence-corrected chi connectivity index (χ1v) is 10.3. The van der Waals surface area contributed by atoms with Crippen LogP contribution >= 0.6 is 0 Å². The topological polar surface area (TPSA) is 102 Å². The molecule has 0 radical (unpaired) electrons. The number of nitrogens with one attached hydrogen (secondary N) is 3. The van der Waals surface area contributed by atoms with Gasteiger partial charge in [-0.05, 0) is 41.5 Å². The zero-order chi connectivity index (χ0) is 23.7. The van der Waals surface area contributed by atoms with Gasteiger partial charge in [-0.15, -0.1) is 0 Å². The van der Waals surface area contributed by atoms with Crippen LogP contribution in [-0.4, -0.2) is 57.6 Å². The minimum atomic E-state index is -0.561. The van der Waals surface area contributed by atoms with E-state index in [0.717, 1.165) is 5.56 Å². The van der Waals surface area contributed by atoms with Crippen molar-refractivity contribution in [2.75, 3.05) is 34.4 Å². The first-order chi connectivity index (χ1) is 14.4. The second kappa shape index (κ2) is 11.5. The quantitative estimate of drug-likeness (QED) is 0.402. The van der Waals surface area contributed by atoms with Crippen LogP contribution in [0.25, 0.3) is 0 Å². The zero-order valence-corrected chi connectivity index (χ0v) is 20.3. The van der Waals surface area contributed by atoms with Crippen LogP contribution in [0.2, 0.25) is 0 Å². The third-order valence-electron chi connectivity index (χ3n) is 4.09. The van der Waals surface area contributed by atoms with E-state index in [9.17, 15) is 4.79 Å². The van der Waals surface area contributed by atoms with Crippen molar-refractivity contribution >= 4 is 12.1 Å². The summed E-state index contributed by atoms with van der Waals surface area (Å²) >= 11 is 0. The lowest BCUT2D eigenvalue weighted by atomic mass is 10.1. The summed E-state index contributed by atoms with van der Waals surface area (Å²) in [4.78, 5) is 16.8.